The number of rotatable bonds is 4. The maximum atomic E-state index is 13.2. The average molecular weight is 383 g/mol. The molecule has 2 heterocycles. The molecular formula is C22H20ClFN2O. The van der Waals surface area contributed by atoms with Crippen LogP contribution in [0.4, 0.5) is 4.39 Å². The summed E-state index contributed by atoms with van der Waals surface area (Å²) >= 11 is 0. The van der Waals surface area contributed by atoms with Gasteiger partial charge in [0, 0.05) is 23.8 Å². The number of halogens is 2. The van der Waals surface area contributed by atoms with E-state index < -0.39 is 0 Å². The Morgan fingerprint density at radius 2 is 1.67 bits per heavy atom. The second-order valence-corrected chi connectivity index (χ2v) is 6.35. The quantitative estimate of drug-likeness (QED) is 0.429. The lowest BCUT2D eigenvalue weighted by atomic mass is 10.2. The maximum Gasteiger partial charge on any atom is 0.244 e. The van der Waals surface area contributed by atoms with Crippen LogP contribution in [-0.4, -0.2) is 9.55 Å². The number of aryl methyl sites for hydroxylation is 1. The summed E-state index contributed by atoms with van der Waals surface area (Å²) < 4.78 is 21.4. The standard InChI is InChI=1S/C22H19FN2O.ClH/c1-15-16(2)25(14-17-6-4-3-5-7-17)21-20(15)12-13-24-22(21)26-19-10-8-18(23)9-11-19;/h3-13H,14H2,1-2H3;1H. The molecule has 0 amide bonds. The molecule has 0 unspecified atom stereocenters. The summed E-state index contributed by atoms with van der Waals surface area (Å²) in [5.41, 5.74) is 4.56. The summed E-state index contributed by atoms with van der Waals surface area (Å²) in [4.78, 5) is 4.44. The number of hydrogen-bond acceptors (Lipinski definition) is 2. The predicted molar refractivity (Wildman–Crippen MR) is 108 cm³/mol. The fraction of sp³-hybridized carbons (Fsp3) is 0.136. The Kier molecular flexibility index (Phi) is 5.47. The van der Waals surface area contributed by atoms with Crippen molar-refractivity contribution in [2.45, 2.75) is 20.4 Å². The van der Waals surface area contributed by atoms with Crippen LogP contribution in [0.15, 0.2) is 66.9 Å². The highest BCUT2D eigenvalue weighted by Gasteiger charge is 2.17. The van der Waals surface area contributed by atoms with E-state index >= 15 is 0 Å². The monoisotopic (exact) mass is 382 g/mol. The summed E-state index contributed by atoms with van der Waals surface area (Å²) in [6, 6.07) is 18.3. The number of hydrogen-bond donors (Lipinski definition) is 0. The van der Waals surface area contributed by atoms with E-state index in [1.165, 1.54) is 29.0 Å². The topological polar surface area (TPSA) is 27.1 Å². The normalized spacial score (nSPS) is 10.6. The van der Waals surface area contributed by atoms with Gasteiger partial charge in [-0.25, -0.2) is 9.37 Å². The molecule has 2 aromatic heterocycles. The molecule has 0 aliphatic rings. The zero-order chi connectivity index (χ0) is 18.1. The molecule has 138 valence electrons. The van der Waals surface area contributed by atoms with Gasteiger partial charge in [-0.15, -0.1) is 12.4 Å². The number of pyridine rings is 1. The fourth-order valence-electron chi connectivity index (χ4n) is 3.22. The van der Waals surface area contributed by atoms with Crippen molar-refractivity contribution in [1.82, 2.24) is 9.55 Å². The molecule has 4 rings (SSSR count). The van der Waals surface area contributed by atoms with Gasteiger partial charge in [-0.05, 0) is 55.3 Å². The van der Waals surface area contributed by atoms with Gasteiger partial charge < -0.3 is 9.30 Å². The molecule has 0 aliphatic heterocycles. The lowest BCUT2D eigenvalue weighted by Crippen LogP contribution is -2.03. The van der Waals surface area contributed by atoms with Gasteiger partial charge in [-0.1, -0.05) is 30.3 Å². The molecule has 0 radical (unpaired) electrons. The van der Waals surface area contributed by atoms with E-state index in [-0.39, 0.29) is 18.2 Å². The molecule has 0 aliphatic carbocycles. The van der Waals surface area contributed by atoms with Crippen molar-refractivity contribution >= 4 is 23.3 Å². The third-order valence-electron chi connectivity index (χ3n) is 4.72. The molecule has 27 heavy (non-hydrogen) atoms. The Bertz CT molecular complexity index is 1060. The lowest BCUT2D eigenvalue weighted by Gasteiger charge is -2.12. The van der Waals surface area contributed by atoms with Gasteiger partial charge in [0.05, 0.1) is 0 Å². The van der Waals surface area contributed by atoms with E-state index in [0.29, 0.717) is 11.6 Å². The minimum Gasteiger partial charge on any atom is -0.437 e. The minimum absolute atomic E-state index is 0. The first-order valence-corrected chi connectivity index (χ1v) is 8.55. The van der Waals surface area contributed by atoms with Gasteiger partial charge in [0.25, 0.3) is 0 Å². The molecule has 0 bridgehead atoms. The summed E-state index contributed by atoms with van der Waals surface area (Å²) in [6.45, 7) is 4.96. The highest BCUT2D eigenvalue weighted by molar-refractivity contribution is 5.89. The summed E-state index contributed by atoms with van der Waals surface area (Å²) in [7, 11) is 0. The van der Waals surface area contributed by atoms with Crippen molar-refractivity contribution < 1.29 is 9.13 Å². The van der Waals surface area contributed by atoms with E-state index in [1.807, 2.05) is 24.3 Å². The van der Waals surface area contributed by atoms with E-state index in [2.05, 4.69) is 35.5 Å². The molecule has 5 heteroatoms. The van der Waals surface area contributed by atoms with E-state index in [0.717, 1.165) is 17.4 Å². The zero-order valence-electron chi connectivity index (χ0n) is 15.1. The Labute approximate surface area is 163 Å². The van der Waals surface area contributed by atoms with Crippen LogP contribution in [0.25, 0.3) is 10.9 Å². The van der Waals surface area contributed by atoms with E-state index in [4.69, 9.17) is 4.74 Å². The van der Waals surface area contributed by atoms with Crippen LogP contribution in [0.1, 0.15) is 16.8 Å². The lowest BCUT2D eigenvalue weighted by molar-refractivity contribution is 0.464. The van der Waals surface area contributed by atoms with Crippen molar-refractivity contribution in [3.05, 3.63) is 89.5 Å². The van der Waals surface area contributed by atoms with Crippen LogP contribution in [0.5, 0.6) is 11.6 Å². The Balaban J connectivity index is 0.00000210. The number of nitrogens with zero attached hydrogens (tertiary/aromatic N) is 2. The maximum absolute atomic E-state index is 13.2. The SMILES string of the molecule is Cc1c(C)n(Cc2ccccc2)c2c(Oc3ccc(F)cc3)nccc12.Cl. The third kappa shape index (κ3) is 3.67. The molecule has 0 saturated carbocycles. The molecule has 0 N–H and O–H groups in total. The van der Waals surface area contributed by atoms with Crippen LogP contribution >= 0.6 is 12.4 Å². The van der Waals surface area contributed by atoms with Gasteiger partial charge >= 0.3 is 0 Å². The van der Waals surface area contributed by atoms with Crippen molar-refractivity contribution in [3.63, 3.8) is 0 Å². The first-order chi connectivity index (χ1) is 12.6. The van der Waals surface area contributed by atoms with Crippen LogP contribution < -0.4 is 4.74 Å². The second kappa shape index (κ2) is 7.80. The van der Waals surface area contributed by atoms with Gasteiger partial charge in [0.1, 0.15) is 17.1 Å². The summed E-state index contributed by atoms with van der Waals surface area (Å²) in [6.07, 6.45) is 1.75. The number of aromatic nitrogens is 2. The Hall–Kier alpha value is -2.85. The molecule has 0 spiro atoms. The number of benzene rings is 2. The summed E-state index contributed by atoms with van der Waals surface area (Å²) in [5, 5.41) is 1.12. The Morgan fingerprint density at radius 1 is 0.963 bits per heavy atom. The predicted octanol–water partition coefficient (Wildman–Crippen LogP) is 6.05. The minimum atomic E-state index is -0.289. The van der Waals surface area contributed by atoms with Gasteiger partial charge in [-0.2, -0.15) is 0 Å². The first-order valence-electron chi connectivity index (χ1n) is 8.55. The average Bonchev–Trinajstić information content (AvgIpc) is 2.90. The third-order valence-corrected chi connectivity index (χ3v) is 4.72. The van der Waals surface area contributed by atoms with Crippen LogP contribution in [0.3, 0.4) is 0 Å². The van der Waals surface area contributed by atoms with Crippen molar-refractivity contribution in [2.75, 3.05) is 0 Å². The highest BCUT2D eigenvalue weighted by Crippen LogP contribution is 2.33. The van der Waals surface area contributed by atoms with Gasteiger partial charge in [0.15, 0.2) is 0 Å². The molecule has 0 saturated heterocycles. The smallest absolute Gasteiger partial charge is 0.244 e. The highest BCUT2D eigenvalue weighted by atomic mass is 35.5. The molecule has 2 aromatic carbocycles. The Morgan fingerprint density at radius 3 is 2.37 bits per heavy atom. The molecule has 0 fully saturated rings. The van der Waals surface area contributed by atoms with Crippen molar-refractivity contribution in [1.29, 1.82) is 0 Å². The molecular weight excluding hydrogens is 363 g/mol. The molecule has 4 aromatic rings. The number of fused-ring (bicyclic) bond motifs is 1. The molecule has 0 atom stereocenters. The second-order valence-electron chi connectivity index (χ2n) is 6.35. The van der Waals surface area contributed by atoms with E-state index in [9.17, 15) is 4.39 Å². The fourth-order valence-corrected chi connectivity index (χ4v) is 3.22. The summed E-state index contributed by atoms with van der Waals surface area (Å²) in [5.74, 6) is 0.804. The van der Waals surface area contributed by atoms with Crippen molar-refractivity contribution in [2.24, 2.45) is 0 Å². The van der Waals surface area contributed by atoms with Crippen LogP contribution in [0.2, 0.25) is 0 Å². The van der Waals surface area contributed by atoms with Crippen LogP contribution in [-0.2, 0) is 6.54 Å². The van der Waals surface area contributed by atoms with Gasteiger partial charge in [-0.3, -0.25) is 0 Å². The largest absolute Gasteiger partial charge is 0.437 e. The number of ether oxygens (including phenoxy) is 1. The first kappa shape index (κ1) is 18.9. The van der Waals surface area contributed by atoms with Crippen LogP contribution in [0, 0.1) is 19.7 Å². The van der Waals surface area contributed by atoms with Crippen molar-refractivity contribution in [3.8, 4) is 11.6 Å². The molecule has 3 nitrogen and oxygen atoms in total. The zero-order valence-corrected chi connectivity index (χ0v) is 16.0. The van der Waals surface area contributed by atoms with E-state index in [1.54, 1.807) is 18.3 Å². The van der Waals surface area contributed by atoms with Gasteiger partial charge in [0.2, 0.25) is 5.88 Å².